The third-order valence-corrected chi connectivity index (χ3v) is 10.8. The molecule has 284 valence electrons. The van der Waals surface area contributed by atoms with Crippen LogP contribution >= 0.6 is 0 Å². The van der Waals surface area contributed by atoms with Gasteiger partial charge in [0.1, 0.15) is 27.0 Å². The van der Waals surface area contributed by atoms with Crippen molar-refractivity contribution in [3.8, 4) is 22.6 Å². The number of carbonyl (C=O) groups is 2. The Bertz CT molecular complexity index is 2810. The standard InChI is InChI=1S/C34H27N5O13S3/c1-51-27-13-17(3-9-25(27)36-38-31-23-8-6-22(53(42,43)44)12-20(23)16-30(34(31)41)55(48,49)50)18-4-10-26(28(14-18)52-2)37-39-32-29(54(45,46)47)15-19-11-21(35)5-7-24(19)33(32)40/h3-16,36-37H,35H2,1-2H3,(H,42,43,44)(H,45,46,47)(H,48,49,50). The molecule has 0 aliphatic heterocycles. The lowest BCUT2D eigenvalue weighted by molar-refractivity contribution is -0.109. The number of methoxy groups -OCH3 is 2. The van der Waals surface area contributed by atoms with Crippen LogP contribution in [0.1, 0.15) is 27.0 Å². The van der Waals surface area contributed by atoms with Crippen molar-refractivity contribution in [2.75, 3.05) is 30.8 Å². The molecule has 0 saturated heterocycles. The highest BCUT2D eigenvalue weighted by Crippen LogP contribution is 2.36. The minimum absolute atomic E-state index is 0.00750. The summed E-state index contributed by atoms with van der Waals surface area (Å²) in [5.41, 5.74) is 11.9. The molecule has 0 bridgehead atoms. The molecule has 0 radical (unpaired) electrons. The number of rotatable bonds is 10. The number of ketones is 2. The molecule has 2 aliphatic carbocycles. The van der Waals surface area contributed by atoms with E-state index in [1.54, 1.807) is 24.3 Å². The highest BCUT2D eigenvalue weighted by atomic mass is 32.2. The molecule has 6 rings (SSSR count). The summed E-state index contributed by atoms with van der Waals surface area (Å²) in [7, 11) is -12.0. The molecule has 18 nitrogen and oxygen atoms in total. The summed E-state index contributed by atoms with van der Waals surface area (Å²) < 4.78 is 112. The van der Waals surface area contributed by atoms with Gasteiger partial charge in [0, 0.05) is 16.8 Å². The van der Waals surface area contributed by atoms with E-state index in [1.165, 1.54) is 44.6 Å². The predicted octanol–water partition coefficient (Wildman–Crippen LogP) is 3.72. The van der Waals surface area contributed by atoms with Crippen LogP contribution in [0, 0.1) is 0 Å². The van der Waals surface area contributed by atoms with Crippen LogP contribution < -0.4 is 26.1 Å². The maximum Gasteiger partial charge on any atom is 0.298 e. The number of allylic oxidation sites excluding steroid dienone is 2. The third kappa shape index (κ3) is 7.73. The van der Waals surface area contributed by atoms with E-state index >= 15 is 0 Å². The fourth-order valence-corrected chi connectivity index (χ4v) is 7.38. The molecule has 0 atom stereocenters. The predicted molar refractivity (Wildman–Crippen MR) is 202 cm³/mol. The van der Waals surface area contributed by atoms with Crippen molar-refractivity contribution in [1.82, 2.24) is 0 Å². The first-order valence-corrected chi connectivity index (χ1v) is 19.7. The van der Waals surface area contributed by atoms with E-state index in [0.717, 1.165) is 30.4 Å². The van der Waals surface area contributed by atoms with Crippen LogP contribution in [-0.4, -0.2) is 76.1 Å². The Morgan fingerprint density at radius 3 is 1.62 bits per heavy atom. The van der Waals surface area contributed by atoms with Crippen LogP contribution in [0.25, 0.3) is 23.3 Å². The summed E-state index contributed by atoms with van der Waals surface area (Å²) in [6.07, 6.45) is 1.85. The molecule has 4 aromatic rings. The number of Topliss-reactive ketones (excluding diaryl/α,β-unsaturated/α-hetero) is 2. The number of benzene rings is 4. The van der Waals surface area contributed by atoms with Crippen molar-refractivity contribution in [1.29, 1.82) is 0 Å². The number of nitrogens with zero attached hydrogens (tertiary/aromatic N) is 2. The number of hydrazone groups is 2. The van der Waals surface area contributed by atoms with E-state index in [2.05, 4.69) is 21.1 Å². The smallest absolute Gasteiger partial charge is 0.298 e. The van der Waals surface area contributed by atoms with Gasteiger partial charge < -0.3 is 15.2 Å². The van der Waals surface area contributed by atoms with Gasteiger partial charge in [-0.2, -0.15) is 35.5 Å². The molecule has 0 aromatic heterocycles. The van der Waals surface area contributed by atoms with Gasteiger partial charge in [0.25, 0.3) is 30.4 Å². The Morgan fingerprint density at radius 1 is 0.582 bits per heavy atom. The lowest BCUT2D eigenvalue weighted by atomic mass is 9.94. The summed E-state index contributed by atoms with van der Waals surface area (Å²) in [6, 6.07) is 16.8. The van der Waals surface area contributed by atoms with Crippen molar-refractivity contribution in [2.45, 2.75) is 4.90 Å². The van der Waals surface area contributed by atoms with Crippen molar-refractivity contribution >= 4 is 82.6 Å². The number of fused-ring (bicyclic) bond motifs is 2. The van der Waals surface area contributed by atoms with Gasteiger partial charge in [0.2, 0.25) is 11.6 Å². The molecule has 7 N–H and O–H groups in total. The molecule has 55 heavy (non-hydrogen) atoms. The average molecular weight is 810 g/mol. The Labute approximate surface area is 312 Å². The maximum absolute atomic E-state index is 13.2. The Balaban J connectivity index is 1.30. The first-order chi connectivity index (χ1) is 25.8. The number of nitrogen functional groups attached to an aromatic ring is 1. The summed E-state index contributed by atoms with van der Waals surface area (Å²) in [5.74, 6) is -1.58. The normalized spacial score (nSPS) is 15.9. The molecular weight excluding hydrogens is 783 g/mol. The Kier molecular flexibility index (Phi) is 9.94. The van der Waals surface area contributed by atoms with Crippen LogP contribution in [0.2, 0.25) is 0 Å². The number of nitrogens with two attached hydrogens (primary N) is 1. The molecule has 21 heteroatoms. The summed E-state index contributed by atoms with van der Waals surface area (Å²) in [6.45, 7) is 0. The lowest BCUT2D eigenvalue weighted by Crippen LogP contribution is -2.27. The summed E-state index contributed by atoms with van der Waals surface area (Å²) in [5, 5.41) is 8.07. The van der Waals surface area contributed by atoms with Crippen molar-refractivity contribution in [3.05, 3.63) is 105 Å². The highest BCUT2D eigenvalue weighted by Gasteiger charge is 2.35. The van der Waals surface area contributed by atoms with Gasteiger partial charge in [-0.3, -0.25) is 34.1 Å². The fourth-order valence-electron chi connectivity index (χ4n) is 5.60. The van der Waals surface area contributed by atoms with E-state index < -0.39 is 68.0 Å². The number of ether oxygens (including phenoxy) is 2. The summed E-state index contributed by atoms with van der Waals surface area (Å²) in [4.78, 5) is 24.0. The monoisotopic (exact) mass is 809 g/mol. The van der Waals surface area contributed by atoms with Crippen LogP contribution in [0.4, 0.5) is 17.1 Å². The highest BCUT2D eigenvalue weighted by molar-refractivity contribution is 7.91. The van der Waals surface area contributed by atoms with E-state index in [9.17, 15) is 48.5 Å². The van der Waals surface area contributed by atoms with Crippen molar-refractivity contribution in [3.63, 3.8) is 0 Å². The second-order valence-electron chi connectivity index (χ2n) is 11.7. The second kappa shape index (κ2) is 14.2. The second-order valence-corrected chi connectivity index (χ2v) is 15.9. The zero-order valence-electron chi connectivity index (χ0n) is 28.2. The minimum atomic E-state index is -5.08. The van der Waals surface area contributed by atoms with Gasteiger partial charge in [-0.25, -0.2) is 0 Å². The molecule has 0 unspecified atom stereocenters. The van der Waals surface area contributed by atoms with Crippen LogP contribution in [0.15, 0.2) is 97.7 Å². The molecule has 0 spiro atoms. The van der Waals surface area contributed by atoms with Crippen molar-refractivity contribution in [2.24, 2.45) is 10.2 Å². The van der Waals surface area contributed by atoms with E-state index in [0.29, 0.717) is 11.1 Å². The molecule has 0 fully saturated rings. The lowest BCUT2D eigenvalue weighted by Gasteiger charge is -2.18. The molecule has 2 aliphatic rings. The number of hydrogen-bond donors (Lipinski definition) is 6. The minimum Gasteiger partial charge on any atom is -0.494 e. The number of carbonyl (C=O) groups excluding carboxylic acids is 2. The van der Waals surface area contributed by atoms with Gasteiger partial charge in [-0.1, -0.05) is 18.2 Å². The SMILES string of the molecule is COc1cc(-c2ccc(NN=C3C(=O)C(S(=O)(=O)O)=Cc4cc(S(=O)(=O)O)ccc43)c(OC)c2)ccc1NN=C1C(=O)c2ccc(N)cc2C=C1S(=O)(=O)O. The van der Waals surface area contributed by atoms with E-state index in [1.807, 2.05) is 0 Å². The van der Waals surface area contributed by atoms with Gasteiger partial charge in [-0.15, -0.1) is 0 Å². The molecule has 0 heterocycles. The van der Waals surface area contributed by atoms with Crippen LogP contribution in [0.3, 0.4) is 0 Å². The first-order valence-electron chi connectivity index (χ1n) is 15.3. The average Bonchev–Trinajstić information content (AvgIpc) is 3.12. The zero-order chi connectivity index (χ0) is 40.0. The largest absolute Gasteiger partial charge is 0.494 e. The Morgan fingerprint density at radius 2 is 1.09 bits per heavy atom. The van der Waals surface area contributed by atoms with Gasteiger partial charge in [-0.05, 0) is 89.0 Å². The van der Waals surface area contributed by atoms with Gasteiger partial charge >= 0.3 is 0 Å². The first kappa shape index (κ1) is 38.5. The van der Waals surface area contributed by atoms with Crippen LogP contribution in [0.5, 0.6) is 11.5 Å². The number of nitrogens with one attached hydrogen (secondary N) is 2. The maximum atomic E-state index is 13.2. The van der Waals surface area contributed by atoms with E-state index in [-0.39, 0.29) is 50.8 Å². The third-order valence-electron chi connectivity index (χ3n) is 8.23. The number of hydrogen-bond acceptors (Lipinski definition) is 15. The number of anilines is 3. The quantitative estimate of drug-likeness (QED) is 0.0756. The van der Waals surface area contributed by atoms with Crippen LogP contribution in [-0.2, 0) is 35.1 Å². The van der Waals surface area contributed by atoms with E-state index in [4.69, 9.17) is 15.2 Å². The molecule has 0 amide bonds. The summed E-state index contributed by atoms with van der Waals surface area (Å²) >= 11 is 0. The molecular formula is C34H27N5O13S3. The Hall–Kier alpha value is -6.23. The van der Waals surface area contributed by atoms with Gasteiger partial charge in [0.05, 0.1) is 30.5 Å². The fraction of sp³-hybridized carbons (Fsp3) is 0.0588. The zero-order valence-corrected chi connectivity index (χ0v) is 30.7. The molecule has 0 saturated carbocycles. The van der Waals surface area contributed by atoms with Gasteiger partial charge in [0.15, 0.2) is 5.71 Å². The molecule has 4 aromatic carbocycles. The topological polar surface area (TPSA) is 291 Å². The van der Waals surface area contributed by atoms with Crippen molar-refractivity contribution < 1.29 is 58.0 Å².